The van der Waals surface area contributed by atoms with Gasteiger partial charge in [-0.25, -0.2) is 0 Å². The Bertz CT molecular complexity index is 264. The van der Waals surface area contributed by atoms with E-state index in [1.165, 1.54) is 25.7 Å². The van der Waals surface area contributed by atoms with Crippen LogP contribution in [0.15, 0.2) is 0 Å². The van der Waals surface area contributed by atoms with Gasteiger partial charge in [-0.05, 0) is 52.6 Å². The molecule has 1 rings (SSSR count). The highest BCUT2D eigenvalue weighted by Gasteiger charge is 2.32. The van der Waals surface area contributed by atoms with Crippen molar-refractivity contribution in [3.8, 4) is 0 Å². The van der Waals surface area contributed by atoms with Crippen LogP contribution >= 0.6 is 16.1 Å². The highest BCUT2D eigenvalue weighted by molar-refractivity contribution is 7.56. The van der Waals surface area contributed by atoms with Gasteiger partial charge in [0.15, 0.2) is 0 Å². The van der Waals surface area contributed by atoms with Crippen LogP contribution in [0.5, 0.6) is 0 Å². The van der Waals surface area contributed by atoms with Crippen LogP contribution in [0.1, 0.15) is 67.2 Å². The molecule has 0 spiro atoms. The van der Waals surface area contributed by atoms with E-state index in [1.54, 1.807) is 0 Å². The van der Waals surface area contributed by atoms with Gasteiger partial charge < -0.3 is 0 Å². The van der Waals surface area contributed by atoms with Gasteiger partial charge >= 0.3 is 0 Å². The summed E-state index contributed by atoms with van der Waals surface area (Å²) in [6, 6.07) is 1.35. The Morgan fingerprint density at radius 3 is 1.25 bits per heavy atom. The molecule has 0 saturated heterocycles. The molecule has 4 atom stereocenters. The first-order valence-electron chi connectivity index (χ1n) is 8.02. The van der Waals surface area contributed by atoms with Gasteiger partial charge in [0.05, 0.1) is 0 Å². The van der Waals surface area contributed by atoms with E-state index in [0.717, 1.165) is 0 Å². The van der Waals surface area contributed by atoms with Gasteiger partial charge in [0.1, 0.15) is 0 Å². The van der Waals surface area contributed by atoms with Crippen LogP contribution in [0.3, 0.4) is 0 Å². The quantitative estimate of drug-likeness (QED) is 0.702. The minimum absolute atomic E-state index is 0.107. The fraction of sp³-hybridized carbons (Fsp3) is 1.00. The lowest BCUT2D eigenvalue weighted by atomic mass is 9.92. The molecule has 0 aromatic carbocycles. The van der Waals surface area contributed by atoms with E-state index in [0.29, 0.717) is 22.4 Å². The predicted molar refractivity (Wildman–Crippen MR) is 97.5 cm³/mol. The van der Waals surface area contributed by atoms with Gasteiger partial charge in [-0.2, -0.15) is 0 Å². The van der Waals surface area contributed by atoms with Crippen molar-refractivity contribution in [2.75, 3.05) is 13.3 Å². The lowest BCUT2D eigenvalue weighted by Gasteiger charge is -2.41. The molecule has 2 N–H and O–H groups in total. The van der Waals surface area contributed by atoms with E-state index in [4.69, 9.17) is 0 Å². The maximum atomic E-state index is 3.98. The predicted octanol–water partition coefficient (Wildman–Crippen LogP) is 5.13. The highest BCUT2D eigenvalue weighted by atomic mass is 31.1. The number of hydrogen-bond donors (Lipinski definition) is 2. The molecule has 1 aliphatic rings. The molecule has 0 heterocycles. The zero-order chi connectivity index (χ0) is 15.6. The van der Waals surface area contributed by atoms with Crippen molar-refractivity contribution in [1.29, 1.82) is 0 Å². The summed E-state index contributed by atoms with van der Waals surface area (Å²) < 4.78 is 0. The van der Waals surface area contributed by atoms with Crippen LogP contribution in [0.2, 0.25) is 0 Å². The van der Waals surface area contributed by atoms with Crippen LogP contribution in [0, 0.1) is 0 Å². The SMILES string of the molecule is CP(N[C@@H]1CCCC[C@H]1NP(C)C(C)(C)C)C(C)(C)C. The van der Waals surface area contributed by atoms with E-state index in [-0.39, 0.29) is 16.1 Å². The number of hydrogen-bond acceptors (Lipinski definition) is 2. The highest BCUT2D eigenvalue weighted by Crippen LogP contribution is 2.46. The molecule has 1 aliphatic carbocycles. The van der Waals surface area contributed by atoms with Gasteiger partial charge in [-0.15, -0.1) is 0 Å². The minimum Gasteiger partial charge on any atom is -0.291 e. The first kappa shape index (κ1) is 18.8. The Morgan fingerprint density at radius 1 is 0.700 bits per heavy atom. The smallest absolute Gasteiger partial charge is 0.0260 e. The van der Waals surface area contributed by atoms with Crippen LogP contribution in [0.4, 0.5) is 0 Å². The summed E-state index contributed by atoms with van der Waals surface area (Å²) in [5.74, 6) is 0. The average Bonchev–Trinajstić information content (AvgIpc) is 2.29. The molecular formula is C16H36N2P2. The molecule has 0 aromatic rings. The van der Waals surface area contributed by atoms with Gasteiger partial charge in [-0.3, -0.25) is 10.2 Å². The fourth-order valence-electron chi connectivity index (χ4n) is 2.32. The second-order valence-corrected chi connectivity index (χ2v) is 13.7. The Kier molecular flexibility index (Phi) is 6.93. The molecule has 1 fully saturated rings. The molecule has 0 bridgehead atoms. The fourth-order valence-corrected chi connectivity index (χ4v) is 4.71. The Morgan fingerprint density at radius 2 is 1.00 bits per heavy atom. The zero-order valence-corrected chi connectivity index (χ0v) is 16.7. The first-order valence-corrected chi connectivity index (χ1v) is 11.6. The normalized spacial score (nSPS) is 28.2. The number of rotatable bonds is 4. The largest absolute Gasteiger partial charge is 0.291 e. The summed E-state index contributed by atoms with van der Waals surface area (Å²) in [5, 5.41) is 8.76. The maximum absolute atomic E-state index is 3.98. The second-order valence-electron chi connectivity index (χ2n) is 8.22. The standard InChI is InChI=1S/C16H36N2P2/c1-15(2,3)19(7)17-13-11-9-10-12-14(13)18-20(8)16(4,5)6/h13-14,17-18H,9-12H2,1-8H3/t13-,14-,19?,20?/m1/s1. The Hall–Kier alpha value is 0.780. The van der Waals surface area contributed by atoms with Gasteiger partial charge in [-0.1, -0.05) is 54.4 Å². The molecule has 0 aromatic heterocycles. The zero-order valence-electron chi connectivity index (χ0n) is 14.9. The van der Waals surface area contributed by atoms with Gasteiger partial charge in [0.2, 0.25) is 0 Å². The van der Waals surface area contributed by atoms with E-state index >= 15 is 0 Å². The lowest BCUT2D eigenvalue weighted by molar-refractivity contribution is 0.347. The third-order valence-electron chi connectivity index (χ3n) is 4.50. The molecular weight excluding hydrogens is 282 g/mol. The van der Waals surface area contributed by atoms with Crippen molar-refractivity contribution in [3.63, 3.8) is 0 Å². The molecule has 0 radical (unpaired) electrons. The third-order valence-corrected chi connectivity index (χ3v) is 9.96. The molecule has 20 heavy (non-hydrogen) atoms. The second kappa shape index (κ2) is 7.36. The molecule has 120 valence electrons. The summed E-state index contributed by atoms with van der Waals surface area (Å²) >= 11 is 0. The summed E-state index contributed by atoms with van der Waals surface area (Å²) in [4.78, 5) is 0. The van der Waals surface area contributed by atoms with Crippen molar-refractivity contribution in [3.05, 3.63) is 0 Å². The minimum atomic E-state index is -0.107. The average molecular weight is 318 g/mol. The van der Waals surface area contributed by atoms with Crippen LogP contribution in [0.25, 0.3) is 0 Å². The monoisotopic (exact) mass is 318 g/mol. The van der Waals surface area contributed by atoms with E-state index < -0.39 is 0 Å². The van der Waals surface area contributed by atoms with E-state index in [9.17, 15) is 0 Å². The summed E-state index contributed by atoms with van der Waals surface area (Å²) in [6.45, 7) is 19.0. The van der Waals surface area contributed by atoms with Crippen LogP contribution in [-0.4, -0.2) is 35.7 Å². The summed E-state index contributed by atoms with van der Waals surface area (Å²) in [7, 11) is -0.214. The summed E-state index contributed by atoms with van der Waals surface area (Å²) in [5.41, 5.74) is 0. The van der Waals surface area contributed by atoms with E-state index in [2.05, 4.69) is 65.0 Å². The van der Waals surface area contributed by atoms with Crippen LogP contribution in [-0.2, 0) is 0 Å². The Balaban J connectivity index is 2.63. The van der Waals surface area contributed by atoms with Crippen molar-refractivity contribution in [2.45, 2.75) is 89.6 Å². The molecule has 0 amide bonds. The molecule has 2 nitrogen and oxygen atoms in total. The molecule has 0 aliphatic heterocycles. The van der Waals surface area contributed by atoms with Crippen molar-refractivity contribution in [1.82, 2.24) is 10.2 Å². The van der Waals surface area contributed by atoms with Crippen molar-refractivity contribution >= 4 is 16.1 Å². The Labute approximate surface area is 129 Å². The van der Waals surface area contributed by atoms with E-state index in [1.807, 2.05) is 0 Å². The van der Waals surface area contributed by atoms with Crippen LogP contribution < -0.4 is 10.2 Å². The lowest BCUT2D eigenvalue weighted by Crippen LogP contribution is -2.48. The number of nitrogens with one attached hydrogen (secondary N) is 2. The maximum Gasteiger partial charge on any atom is 0.0260 e. The molecule has 1 saturated carbocycles. The van der Waals surface area contributed by atoms with Gasteiger partial charge in [0.25, 0.3) is 0 Å². The topological polar surface area (TPSA) is 24.1 Å². The molecule has 4 heteroatoms. The first-order chi connectivity index (χ1) is 9.01. The van der Waals surface area contributed by atoms with Crippen molar-refractivity contribution < 1.29 is 0 Å². The summed E-state index contributed by atoms with van der Waals surface area (Å²) in [6.07, 6.45) is 5.46. The molecule has 2 unspecified atom stereocenters. The van der Waals surface area contributed by atoms with Gasteiger partial charge in [0, 0.05) is 12.1 Å². The van der Waals surface area contributed by atoms with Crippen molar-refractivity contribution in [2.24, 2.45) is 0 Å². The third kappa shape index (κ3) is 5.88.